The summed E-state index contributed by atoms with van der Waals surface area (Å²) in [7, 11) is 1.20. The average Bonchev–Trinajstić information content (AvgIpc) is 2.72. The summed E-state index contributed by atoms with van der Waals surface area (Å²) in [6.07, 6.45) is 3.20. The number of aryl methyl sites for hydroxylation is 1. The number of hydrogen-bond acceptors (Lipinski definition) is 4. The number of hydrogen-bond donors (Lipinski definition) is 1. The predicted molar refractivity (Wildman–Crippen MR) is 83.6 cm³/mol. The van der Waals surface area contributed by atoms with E-state index >= 15 is 0 Å². The molecule has 1 aromatic rings. The first kappa shape index (κ1) is 16.7. The van der Waals surface area contributed by atoms with E-state index in [-0.39, 0.29) is 0 Å². The SMILES string of the molecule is CCCCc1ccc(NC(=O)CN2C(=O)C(=O)N(C)C2=O)cc1. The Morgan fingerprint density at radius 1 is 1.09 bits per heavy atom. The highest BCUT2D eigenvalue weighted by molar-refractivity contribution is 6.44. The molecule has 1 saturated heterocycles. The summed E-state index contributed by atoms with van der Waals surface area (Å²) in [6.45, 7) is 1.64. The number of carbonyl (C=O) groups excluding carboxylic acids is 4. The van der Waals surface area contributed by atoms with Crippen LogP contribution in [0.25, 0.3) is 0 Å². The van der Waals surface area contributed by atoms with E-state index in [1.165, 1.54) is 12.6 Å². The largest absolute Gasteiger partial charge is 0.334 e. The summed E-state index contributed by atoms with van der Waals surface area (Å²) in [4.78, 5) is 47.9. The first-order valence-electron chi connectivity index (χ1n) is 7.46. The fourth-order valence-corrected chi connectivity index (χ4v) is 2.23. The lowest BCUT2D eigenvalue weighted by Gasteiger charge is -2.13. The molecule has 5 amide bonds. The summed E-state index contributed by atoms with van der Waals surface area (Å²) >= 11 is 0. The van der Waals surface area contributed by atoms with Crippen molar-refractivity contribution in [2.24, 2.45) is 0 Å². The van der Waals surface area contributed by atoms with Gasteiger partial charge in [-0.25, -0.2) is 9.69 Å². The molecule has 23 heavy (non-hydrogen) atoms. The van der Waals surface area contributed by atoms with Crippen molar-refractivity contribution in [1.29, 1.82) is 0 Å². The Morgan fingerprint density at radius 2 is 1.74 bits per heavy atom. The fraction of sp³-hybridized carbons (Fsp3) is 0.375. The molecule has 0 aromatic heterocycles. The lowest BCUT2D eigenvalue weighted by molar-refractivity contribution is -0.143. The van der Waals surface area contributed by atoms with Gasteiger partial charge in [0.25, 0.3) is 0 Å². The van der Waals surface area contributed by atoms with Crippen LogP contribution in [-0.2, 0) is 20.8 Å². The highest BCUT2D eigenvalue weighted by Gasteiger charge is 2.42. The summed E-state index contributed by atoms with van der Waals surface area (Å²) in [5, 5.41) is 2.61. The van der Waals surface area contributed by atoms with Gasteiger partial charge < -0.3 is 5.32 Å². The molecule has 0 radical (unpaired) electrons. The molecule has 1 N–H and O–H groups in total. The highest BCUT2D eigenvalue weighted by atomic mass is 16.2. The number of nitrogens with zero attached hydrogens (tertiary/aromatic N) is 2. The van der Waals surface area contributed by atoms with Gasteiger partial charge in [0.05, 0.1) is 0 Å². The van der Waals surface area contributed by atoms with Gasteiger partial charge >= 0.3 is 17.8 Å². The van der Waals surface area contributed by atoms with Gasteiger partial charge in [0.1, 0.15) is 6.54 Å². The number of carbonyl (C=O) groups is 4. The van der Waals surface area contributed by atoms with Crippen molar-refractivity contribution >= 4 is 29.4 Å². The van der Waals surface area contributed by atoms with Crippen LogP contribution in [-0.4, -0.2) is 47.1 Å². The third kappa shape index (κ3) is 3.74. The van der Waals surface area contributed by atoms with Crippen molar-refractivity contribution < 1.29 is 19.2 Å². The Labute approximate surface area is 134 Å². The maximum Gasteiger partial charge on any atom is 0.334 e. The van der Waals surface area contributed by atoms with E-state index < -0.39 is 30.3 Å². The van der Waals surface area contributed by atoms with Crippen molar-refractivity contribution in [2.45, 2.75) is 26.2 Å². The smallest absolute Gasteiger partial charge is 0.325 e. The molecule has 0 atom stereocenters. The Bertz CT molecular complexity index is 639. The first-order valence-corrected chi connectivity index (χ1v) is 7.46. The number of unbranched alkanes of at least 4 members (excludes halogenated alkanes) is 1. The van der Waals surface area contributed by atoms with Crippen LogP contribution in [0.2, 0.25) is 0 Å². The van der Waals surface area contributed by atoms with Crippen molar-refractivity contribution in [1.82, 2.24) is 9.80 Å². The van der Waals surface area contributed by atoms with E-state index in [1.54, 1.807) is 12.1 Å². The summed E-state index contributed by atoms with van der Waals surface area (Å²) < 4.78 is 0. The molecule has 0 unspecified atom stereocenters. The minimum atomic E-state index is -0.984. The zero-order valence-corrected chi connectivity index (χ0v) is 13.2. The van der Waals surface area contributed by atoms with Crippen LogP contribution in [0.15, 0.2) is 24.3 Å². The number of imide groups is 2. The third-order valence-electron chi connectivity index (χ3n) is 3.61. The molecule has 122 valence electrons. The van der Waals surface area contributed by atoms with Crippen molar-refractivity contribution in [2.75, 3.05) is 18.9 Å². The second kappa shape index (κ2) is 7.04. The van der Waals surface area contributed by atoms with Crippen molar-refractivity contribution in [3.05, 3.63) is 29.8 Å². The van der Waals surface area contributed by atoms with Crippen LogP contribution in [0.1, 0.15) is 25.3 Å². The molecule has 1 heterocycles. The second-order valence-electron chi connectivity index (χ2n) is 5.39. The monoisotopic (exact) mass is 317 g/mol. The van der Waals surface area contributed by atoms with Gasteiger partial charge in [-0.2, -0.15) is 0 Å². The Hall–Kier alpha value is -2.70. The minimum Gasteiger partial charge on any atom is -0.325 e. The maximum absolute atomic E-state index is 11.9. The van der Waals surface area contributed by atoms with Gasteiger partial charge in [-0.05, 0) is 30.5 Å². The average molecular weight is 317 g/mol. The van der Waals surface area contributed by atoms with Crippen molar-refractivity contribution in [3.8, 4) is 0 Å². The number of likely N-dealkylation sites (N-methyl/N-ethyl adjacent to an activating group) is 1. The zero-order valence-electron chi connectivity index (χ0n) is 13.2. The number of benzene rings is 1. The quantitative estimate of drug-likeness (QED) is 0.634. The van der Waals surface area contributed by atoms with E-state index in [2.05, 4.69) is 12.2 Å². The molecule has 1 aromatic carbocycles. The Kier molecular flexibility index (Phi) is 5.10. The van der Waals surface area contributed by atoms with Crippen LogP contribution in [0.3, 0.4) is 0 Å². The standard InChI is InChI=1S/C16H19N3O4/c1-3-4-5-11-6-8-12(9-7-11)17-13(20)10-19-15(22)14(21)18(2)16(19)23/h6-9H,3-5,10H2,1-2H3,(H,17,20). The molecule has 1 aliphatic rings. The van der Waals surface area contributed by atoms with Crippen LogP contribution in [0, 0.1) is 0 Å². The second-order valence-corrected chi connectivity index (χ2v) is 5.39. The first-order chi connectivity index (χ1) is 10.9. The van der Waals surface area contributed by atoms with Gasteiger partial charge in [-0.15, -0.1) is 0 Å². The minimum absolute atomic E-state index is 0.481. The van der Waals surface area contributed by atoms with Crippen LogP contribution in [0.5, 0.6) is 0 Å². The molecule has 0 aliphatic carbocycles. The normalized spacial score (nSPS) is 14.6. The molecule has 1 aliphatic heterocycles. The summed E-state index contributed by atoms with van der Waals surface area (Å²) in [5.41, 5.74) is 1.76. The van der Waals surface area contributed by atoms with Gasteiger partial charge in [-0.3, -0.25) is 19.3 Å². The third-order valence-corrected chi connectivity index (χ3v) is 3.61. The summed E-state index contributed by atoms with van der Waals surface area (Å²) in [6, 6.07) is 6.61. The Balaban J connectivity index is 1.93. The number of amides is 5. The molecular weight excluding hydrogens is 298 g/mol. The molecule has 7 heteroatoms. The molecule has 1 fully saturated rings. The topological polar surface area (TPSA) is 86.8 Å². The lowest BCUT2D eigenvalue weighted by atomic mass is 10.1. The van der Waals surface area contributed by atoms with Crippen LogP contribution >= 0.6 is 0 Å². The van der Waals surface area contributed by atoms with E-state index in [1.807, 2.05) is 12.1 Å². The Morgan fingerprint density at radius 3 is 2.26 bits per heavy atom. The number of anilines is 1. The lowest BCUT2D eigenvalue weighted by Crippen LogP contribution is -2.38. The predicted octanol–water partition coefficient (Wildman–Crippen LogP) is 1.39. The molecule has 0 spiro atoms. The number of nitrogens with one attached hydrogen (secondary N) is 1. The van der Waals surface area contributed by atoms with Crippen LogP contribution in [0.4, 0.5) is 10.5 Å². The summed E-state index contributed by atoms with van der Waals surface area (Å²) in [5.74, 6) is -2.44. The van der Waals surface area contributed by atoms with Gasteiger partial charge in [0, 0.05) is 12.7 Å². The number of rotatable bonds is 6. The molecular formula is C16H19N3O4. The van der Waals surface area contributed by atoms with E-state index in [9.17, 15) is 19.2 Å². The highest BCUT2D eigenvalue weighted by Crippen LogP contribution is 2.13. The molecule has 0 saturated carbocycles. The van der Waals surface area contributed by atoms with E-state index in [4.69, 9.17) is 0 Å². The van der Waals surface area contributed by atoms with E-state index in [0.29, 0.717) is 15.5 Å². The van der Waals surface area contributed by atoms with Crippen LogP contribution < -0.4 is 5.32 Å². The fourth-order valence-electron chi connectivity index (χ4n) is 2.23. The molecule has 0 bridgehead atoms. The molecule has 7 nitrogen and oxygen atoms in total. The van der Waals surface area contributed by atoms with Crippen molar-refractivity contribution in [3.63, 3.8) is 0 Å². The van der Waals surface area contributed by atoms with Gasteiger partial charge in [-0.1, -0.05) is 25.5 Å². The maximum atomic E-state index is 11.9. The zero-order chi connectivity index (χ0) is 17.0. The van der Waals surface area contributed by atoms with Gasteiger partial charge in [0.2, 0.25) is 5.91 Å². The van der Waals surface area contributed by atoms with E-state index in [0.717, 1.165) is 19.3 Å². The van der Waals surface area contributed by atoms with Gasteiger partial charge in [0.15, 0.2) is 0 Å². The number of urea groups is 1. The molecule has 2 rings (SSSR count).